The molecule has 0 aliphatic carbocycles. The Kier molecular flexibility index (Phi) is 6.39. The van der Waals surface area contributed by atoms with Gasteiger partial charge in [-0.3, -0.25) is 4.79 Å². The molecule has 0 aromatic heterocycles. The summed E-state index contributed by atoms with van der Waals surface area (Å²) in [5.41, 5.74) is 7.22. The minimum atomic E-state index is -0.445. The third-order valence-corrected chi connectivity index (χ3v) is 4.41. The molecule has 0 saturated carbocycles. The van der Waals surface area contributed by atoms with E-state index in [1.54, 1.807) is 0 Å². The Morgan fingerprint density at radius 1 is 1.17 bits per heavy atom. The largest absolute Gasteiger partial charge is 0.381 e. The van der Waals surface area contributed by atoms with Gasteiger partial charge in [-0.1, -0.05) is 42.5 Å². The van der Waals surface area contributed by atoms with Crippen molar-refractivity contribution in [2.75, 3.05) is 13.2 Å². The number of fused-ring (bicyclic) bond motifs is 1. The number of nitrogens with one attached hydrogen (secondary N) is 1. The van der Waals surface area contributed by atoms with Crippen molar-refractivity contribution in [1.82, 2.24) is 5.32 Å². The lowest BCUT2D eigenvalue weighted by molar-refractivity contribution is -0.124. The molecule has 1 aliphatic heterocycles. The van der Waals surface area contributed by atoms with Crippen molar-refractivity contribution in [3.05, 3.63) is 48.0 Å². The first-order valence-corrected chi connectivity index (χ1v) is 7.83. The van der Waals surface area contributed by atoms with E-state index in [4.69, 9.17) is 10.5 Å². The van der Waals surface area contributed by atoms with E-state index in [2.05, 4.69) is 23.5 Å². The predicted octanol–water partition coefficient (Wildman–Crippen LogP) is 2.63. The first-order valence-electron chi connectivity index (χ1n) is 7.83. The van der Waals surface area contributed by atoms with Gasteiger partial charge in [-0.2, -0.15) is 0 Å². The molecule has 1 atom stereocenters. The summed E-state index contributed by atoms with van der Waals surface area (Å²) >= 11 is 0. The van der Waals surface area contributed by atoms with E-state index in [0.717, 1.165) is 18.4 Å². The van der Waals surface area contributed by atoms with Crippen LogP contribution in [0.3, 0.4) is 0 Å². The second kappa shape index (κ2) is 8.29. The SMILES string of the molecule is Cl.NC(C(=O)NCc1cccc2ccccc12)C1CCOCC1. The summed E-state index contributed by atoms with van der Waals surface area (Å²) < 4.78 is 5.32. The zero-order valence-electron chi connectivity index (χ0n) is 13.0. The van der Waals surface area contributed by atoms with Crippen molar-refractivity contribution in [1.29, 1.82) is 0 Å². The molecule has 1 saturated heterocycles. The third-order valence-electron chi connectivity index (χ3n) is 4.41. The Hall–Kier alpha value is -1.62. The lowest BCUT2D eigenvalue weighted by Crippen LogP contribution is -2.46. The molecule has 124 valence electrons. The highest BCUT2D eigenvalue weighted by atomic mass is 35.5. The molecular formula is C18H23ClN2O2. The van der Waals surface area contributed by atoms with Gasteiger partial charge >= 0.3 is 0 Å². The van der Waals surface area contributed by atoms with Gasteiger partial charge in [0.15, 0.2) is 0 Å². The fraction of sp³-hybridized carbons (Fsp3) is 0.389. The normalized spacial score (nSPS) is 16.6. The highest BCUT2D eigenvalue weighted by Crippen LogP contribution is 2.19. The van der Waals surface area contributed by atoms with Crippen LogP contribution in [-0.2, 0) is 16.1 Å². The van der Waals surface area contributed by atoms with Crippen LogP contribution in [0.5, 0.6) is 0 Å². The minimum Gasteiger partial charge on any atom is -0.381 e. The van der Waals surface area contributed by atoms with Crippen molar-refractivity contribution in [3.8, 4) is 0 Å². The Labute approximate surface area is 142 Å². The van der Waals surface area contributed by atoms with Crippen LogP contribution < -0.4 is 11.1 Å². The summed E-state index contributed by atoms with van der Waals surface area (Å²) in [5, 5.41) is 5.34. The summed E-state index contributed by atoms with van der Waals surface area (Å²) in [4.78, 5) is 12.3. The molecule has 1 amide bonds. The van der Waals surface area contributed by atoms with E-state index in [1.807, 2.05) is 24.3 Å². The average Bonchev–Trinajstić information content (AvgIpc) is 2.59. The maximum Gasteiger partial charge on any atom is 0.237 e. The van der Waals surface area contributed by atoms with Gasteiger partial charge < -0.3 is 15.8 Å². The second-order valence-electron chi connectivity index (χ2n) is 5.83. The van der Waals surface area contributed by atoms with Crippen LogP contribution in [0, 0.1) is 5.92 Å². The zero-order chi connectivity index (χ0) is 15.4. The Bertz CT molecular complexity index is 651. The highest BCUT2D eigenvalue weighted by molar-refractivity contribution is 5.87. The standard InChI is InChI=1S/C18H22N2O2.ClH/c19-17(14-8-10-22-11-9-14)18(21)20-12-15-6-3-5-13-4-1-2-7-16(13)15;/h1-7,14,17H,8-12,19H2,(H,20,21);1H. The van der Waals surface area contributed by atoms with Gasteiger partial charge in [0.05, 0.1) is 6.04 Å². The van der Waals surface area contributed by atoms with Gasteiger partial charge in [-0.25, -0.2) is 0 Å². The van der Waals surface area contributed by atoms with Crippen LogP contribution in [0.2, 0.25) is 0 Å². The fourth-order valence-electron chi connectivity index (χ4n) is 3.04. The Morgan fingerprint density at radius 2 is 1.87 bits per heavy atom. The molecule has 3 rings (SSSR count). The smallest absolute Gasteiger partial charge is 0.237 e. The second-order valence-corrected chi connectivity index (χ2v) is 5.83. The van der Waals surface area contributed by atoms with Crippen LogP contribution in [-0.4, -0.2) is 25.2 Å². The molecule has 1 fully saturated rings. The number of rotatable bonds is 4. The van der Waals surface area contributed by atoms with Crippen molar-refractivity contribution >= 4 is 29.1 Å². The predicted molar refractivity (Wildman–Crippen MR) is 94.6 cm³/mol. The summed E-state index contributed by atoms with van der Waals surface area (Å²) in [5.74, 6) is 0.154. The van der Waals surface area contributed by atoms with Gasteiger partial charge in [0.2, 0.25) is 5.91 Å². The molecule has 4 nitrogen and oxygen atoms in total. The summed E-state index contributed by atoms with van der Waals surface area (Å²) in [6.45, 7) is 1.92. The van der Waals surface area contributed by atoms with Crippen LogP contribution in [0.15, 0.2) is 42.5 Å². The number of carbonyl (C=O) groups excluding carboxylic acids is 1. The lowest BCUT2D eigenvalue weighted by atomic mass is 9.92. The molecule has 0 bridgehead atoms. The quantitative estimate of drug-likeness (QED) is 0.903. The number of benzene rings is 2. The number of halogens is 1. The molecule has 1 unspecified atom stereocenters. The van der Waals surface area contributed by atoms with Gasteiger partial charge in [0, 0.05) is 19.8 Å². The third kappa shape index (κ3) is 4.22. The molecule has 2 aromatic carbocycles. The molecule has 0 radical (unpaired) electrons. The summed E-state index contributed by atoms with van der Waals surface area (Å²) in [6, 6.07) is 13.9. The molecular weight excluding hydrogens is 312 g/mol. The minimum absolute atomic E-state index is 0. The average molecular weight is 335 g/mol. The number of hydrogen-bond donors (Lipinski definition) is 2. The summed E-state index contributed by atoms with van der Waals surface area (Å²) in [7, 11) is 0. The summed E-state index contributed by atoms with van der Waals surface area (Å²) in [6.07, 6.45) is 1.73. The molecule has 1 heterocycles. The molecule has 2 aromatic rings. The van der Waals surface area contributed by atoms with E-state index in [9.17, 15) is 4.79 Å². The van der Waals surface area contributed by atoms with Crippen molar-refractivity contribution in [3.63, 3.8) is 0 Å². The molecule has 23 heavy (non-hydrogen) atoms. The number of amides is 1. The monoisotopic (exact) mass is 334 g/mol. The number of nitrogens with two attached hydrogens (primary N) is 1. The zero-order valence-corrected chi connectivity index (χ0v) is 13.9. The molecule has 5 heteroatoms. The molecule has 1 aliphatic rings. The molecule has 0 spiro atoms. The highest BCUT2D eigenvalue weighted by Gasteiger charge is 2.26. The van der Waals surface area contributed by atoms with E-state index < -0.39 is 6.04 Å². The number of ether oxygens (including phenoxy) is 1. The van der Waals surface area contributed by atoms with Crippen LogP contribution >= 0.6 is 12.4 Å². The van der Waals surface area contributed by atoms with Crippen molar-refractivity contribution < 1.29 is 9.53 Å². The lowest BCUT2D eigenvalue weighted by Gasteiger charge is -2.26. The first-order chi connectivity index (χ1) is 10.8. The Morgan fingerprint density at radius 3 is 2.65 bits per heavy atom. The topological polar surface area (TPSA) is 64.4 Å². The molecule has 3 N–H and O–H groups in total. The number of hydrogen-bond acceptors (Lipinski definition) is 3. The van der Waals surface area contributed by atoms with Crippen molar-refractivity contribution in [2.45, 2.75) is 25.4 Å². The van der Waals surface area contributed by atoms with Crippen LogP contribution in [0.1, 0.15) is 18.4 Å². The van der Waals surface area contributed by atoms with Gasteiger partial charge in [-0.15, -0.1) is 12.4 Å². The van der Waals surface area contributed by atoms with Gasteiger partial charge in [-0.05, 0) is 35.1 Å². The van der Waals surface area contributed by atoms with E-state index >= 15 is 0 Å². The number of carbonyl (C=O) groups is 1. The van der Waals surface area contributed by atoms with Gasteiger partial charge in [0.25, 0.3) is 0 Å². The van der Waals surface area contributed by atoms with E-state index in [-0.39, 0.29) is 24.2 Å². The Balaban J connectivity index is 0.00000192. The fourth-order valence-corrected chi connectivity index (χ4v) is 3.04. The first kappa shape index (κ1) is 17.7. The van der Waals surface area contributed by atoms with Gasteiger partial charge in [0.1, 0.15) is 0 Å². The van der Waals surface area contributed by atoms with Crippen LogP contribution in [0.25, 0.3) is 10.8 Å². The maximum absolute atomic E-state index is 12.3. The maximum atomic E-state index is 12.3. The van der Waals surface area contributed by atoms with Crippen molar-refractivity contribution in [2.24, 2.45) is 11.7 Å². The van der Waals surface area contributed by atoms with Crippen LogP contribution in [0.4, 0.5) is 0 Å². The van der Waals surface area contributed by atoms with E-state index in [0.29, 0.717) is 19.8 Å². The van der Waals surface area contributed by atoms with E-state index in [1.165, 1.54) is 10.8 Å².